The summed E-state index contributed by atoms with van der Waals surface area (Å²) in [7, 11) is 0. The number of aryl methyl sites for hydroxylation is 1. The van der Waals surface area contributed by atoms with Crippen molar-refractivity contribution in [2.24, 2.45) is 10.9 Å². The summed E-state index contributed by atoms with van der Waals surface area (Å²) in [5, 5.41) is 6.96. The summed E-state index contributed by atoms with van der Waals surface area (Å²) < 4.78 is 0. The van der Waals surface area contributed by atoms with Crippen LogP contribution in [0, 0.1) is 12.8 Å². The fourth-order valence-corrected chi connectivity index (χ4v) is 4.83. The number of hydrogen-bond acceptors (Lipinski definition) is 4. The summed E-state index contributed by atoms with van der Waals surface area (Å²) in [6.07, 6.45) is 6.33. The van der Waals surface area contributed by atoms with Crippen LogP contribution < -0.4 is 5.32 Å². The van der Waals surface area contributed by atoms with Gasteiger partial charge in [-0.2, -0.15) is 0 Å². The lowest BCUT2D eigenvalue weighted by atomic mass is 9.97. The van der Waals surface area contributed by atoms with Gasteiger partial charge in [0.05, 0.1) is 10.7 Å². The van der Waals surface area contributed by atoms with E-state index in [1.165, 1.54) is 42.8 Å². The van der Waals surface area contributed by atoms with Gasteiger partial charge in [-0.3, -0.25) is 9.89 Å². The molecule has 2 fully saturated rings. The van der Waals surface area contributed by atoms with E-state index < -0.39 is 0 Å². The van der Waals surface area contributed by atoms with E-state index in [2.05, 4.69) is 62.7 Å². The molecule has 3 heterocycles. The van der Waals surface area contributed by atoms with Gasteiger partial charge in [-0.25, -0.2) is 4.98 Å². The third-order valence-electron chi connectivity index (χ3n) is 5.94. The lowest BCUT2D eigenvalue weighted by molar-refractivity contribution is 0.179. The molecule has 6 heteroatoms. The normalized spacial score (nSPS) is 19.5. The van der Waals surface area contributed by atoms with E-state index in [9.17, 15) is 0 Å². The van der Waals surface area contributed by atoms with E-state index in [4.69, 9.17) is 4.99 Å². The van der Waals surface area contributed by atoms with E-state index in [1.807, 2.05) is 0 Å². The lowest BCUT2D eigenvalue weighted by Crippen LogP contribution is -2.41. The Morgan fingerprint density at radius 3 is 2.55 bits per heavy atom. The third kappa shape index (κ3) is 6.03. The molecule has 0 unspecified atom stereocenters. The zero-order valence-electron chi connectivity index (χ0n) is 17.5. The van der Waals surface area contributed by atoms with Crippen molar-refractivity contribution in [2.45, 2.75) is 45.6 Å². The smallest absolute Gasteiger partial charge is 0.198 e. The minimum absolute atomic E-state index is 0.681. The first-order valence-corrected chi connectivity index (χ1v) is 11.9. The fraction of sp³-hybridized carbons (Fsp3) is 0.565. The molecule has 2 aliphatic heterocycles. The molecule has 0 aliphatic carbocycles. The van der Waals surface area contributed by atoms with Crippen molar-refractivity contribution in [3.63, 3.8) is 0 Å². The van der Waals surface area contributed by atoms with Gasteiger partial charge in [0.25, 0.3) is 0 Å². The Kier molecular flexibility index (Phi) is 7.17. The Bertz CT molecular complexity index is 774. The van der Waals surface area contributed by atoms with E-state index >= 15 is 0 Å². The monoisotopic (exact) mass is 411 g/mol. The second-order valence-electron chi connectivity index (χ2n) is 8.28. The molecule has 1 aromatic heterocycles. The number of piperidine rings is 2. The molecule has 0 saturated carbocycles. The molecule has 1 N–H and O–H groups in total. The van der Waals surface area contributed by atoms with Crippen LogP contribution in [-0.2, 0) is 6.54 Å². The molecule has 2 aliphatic rings. The highest BCUT2D eigenvalue weighted by molar-refractivity contribution is 7.09. The molecule has 5 nitrogen and oxygen atoms in total. The first kappa shape index (κ1) is 20.4. The van der Waals surface area contributed by atoms with Crippen LogP contribution in [0.2, 0.25) is 0 Å². The van der Waals surface area contributed by atoms with Gasteiger partial charge in [0.1, 0.15) is 0 Å². The standard InChI is InChI=1S/C23H33N5S/c1-19-25-22(18-29-19)17-27-14-10-20(11-15-27)16-24-23(28-12-6-3-7-13-28)26-21-8-4-2-5-9-21/h2,4-5,8-9,18,20H,3,6-7,10-17H2,1H3,(H,24,26). The average molecular weight is 412 g/mol. The van der Waals surface area contributed by atoms with Gasteiger partial charge in [-0.1, -0.05) is 18.2 Å². The van der Waals surface area contributed by atoms with E-state index in [0.717, 1.165) is 50.9 Å². The maximum atomic E-state index is 5.08. The highest BCUT2D eigenvalue weighted by Crippen LogP contribution is 2.21. The summed E-state index contributed by atoms with van der Waals surface area (Å²) in [5.74, 6) is 1.75. The summed E-state index contributed by atoms with van der Waals surface area (Å²) in [6, 6.07) is 10.5. The molecule has 156 valence electrons. The van der Waals surface area contributed by atoms with Gasteiger partial charge >= 0.3 is 0 Å². The molecule has 1 aromatic carbocycles. The molecule has 0 atom stereocenters. The zero-order chi connectivity index (χ0) is 19.9. The number of para-hydroxylation sites is 1. The Morgan fingerprint density at radius 1 is 1.10 bits per heavy atom. The van der Waals surface area contributed by atoms with Crippen LogP contribution in [0.5, 0.6) is 0 Å². The number of nitrogens with zero attached hydrogens (tertiary/aromatic N) is 4. The van der Waals surface area contributed by atoms with E-state index in [-0.39, 0.29) is 0 Å². The predicted molar refractivity (Wildman–Crippen MR) is 123 cm³/mol. The van der Waals surface area contributed by atoms with Gasteiger partial charge in [0, 0.05) is 37.2 Å². The molecule has 4 rings (SSSR count). The zero-order valence-corrected chi connectivity index (χ0v) is 18.3. The minimum Gasteiger partial charge on any atom is -0.343 e. The van der Waals surface area contributed by atoms with Gasteiger partial charge < -0.3 is 10.2 Å². The van der Waals surface area contributed by atoms with Crippen LogP contribution in [0.3, 0.4) is 0 Å². The van der Waals surface area contributed by atoms with Gasteiger partial charge in [0.15, 0.2) is 5.96 Å². The maximum Gasteiger partial charge on any atom is 0.198 e. The van der Waals surface area contributed by atoms with Crippen LogP contribution in [0.4, 0.5) is 5.69 Å². The van der Waals surface area contributed by atoms with Crippen LogP contribution in [0.25, 0.3) is 0 Å². The van der Waals surface area contributed by atoms with Gasteiger partial charge in [-0.05, 0) is 70.2 Å². The van der Waals surface area contributed by atoms with Crippen molar-refractivity contribution in [2.75, 3.05) is 38.0 Å². The highest BCUT2D eigenvalue weighted by Gasteiger charge is 2.21. The number of anilines is 1. The van der Waals surface area contributed by atoms with Crippen LogP contribution in [0.15, 0.2) is 40.7 Å². The van der Waals surface area contributed by atoms with E-state index in [0.29, 0.717) is 5.92 Å². The second kappa shape index (κ2) is 10.2. The second-order valence-corrected chi connectivity index (χ2v) is 9.34. The minimum atomic E-state index is 0.681. The number of guanidine groups is 1. The summed E-state index contributed by atoms with van der Waals surface area (Å²) in [5.41, 5.74) is 2.36. The fourth-order valence-electron chi connectivity index (χ4n) is 4.23. The maximum absolute atomic E-state index is 5.08. The number of benzene rings is 1. The number of thiazole rings is 1. The molecule has 0 spiro atoms. The molecular weight excluding hydrogens is 378 g/mol. The Hall–Kier alpha value is -1.92. The molecular formula is C23H33N5S. The lowest BCUT2D eigenvalue weighted by Gasteiger charge is -2.32. The number of likely N-dealkylation sites (tertiary alicyclic amines) is 2. The van der Waals surface area contributed by atoms with Crippen molar-refractivity contribution >= 4 is 23.0 Å². The molecule has 2 aromatic rings. The summed E-state index contributed by atoms with van der Waals surface area (Å²) in [6.45, 7) is 8.55. The number of hydrogen-bond donors (Lipinski definition) is 1. The SMILES string of the molecule is Cc1nc(CN2CCC(CN=C(Nc3ccccc3)N3CCCCC3)CC2)cs1. The topological polar surface area (TPSA) is 43.8 Å². The molecule has 0 bridgehead atoms. The molecule has 0 amide bonds. The van der Waals surface area contributed by atoms with Crippen LogP contribution in [0.1, 0.15) is 42.8 Å². The largest absolute Gasteiger partial charge is 0.343 e. The van der Waals surface area contributed by atoms with Crippen molar-refractivity contribution in [1.82, 2.24) is 14.8 Å². The highest BCUT2D eigenvalue weighted by atomic mass is 32.1. The Balaban J connectivity index is 1.32. The number of nitrogens with one attached hydrogen (secondary N) is 1. The summed E-state index contributed by atoms with van der Waals surface area (Å²) in [4.78, 5) is 14.7. The first-order valence-electron chi connectivity index (χ1n) is 11.0. The third-order valence-corrected chi connectivity index (χ3v) is 6.77. The Morgan fingerprint density at radius 2 is 1.86 bits per heavy atom. The van der Waals surface area contributed by atoms with Crippen LogP contribution >= 0.6 is 11.3 Å². The quantitative estimate of drug-likeness (QED) is 0.576. The number of rotatable bonds is 5. The van der Waals surface area contributed by atoms with Gasteiger partial charge in [0.2, 0.25) is 0 Å². The van der Waals surface area contributed by atoms with Crippen LogP contribution in [-0.4, -0.2) is 53.5 Å². The van der Waals surface area contributed by atoms with Gasteiger partial charge in [-0.15, -0.1) is 11.3 Å². The Labute approximate surface area is 178 Å². The van der Waals surface area contributed by atoms with Crippen molar-refractivity contribution in [3.8, 4) is 0 Å². The average Bonchev–Trinajstić information content (AvgIpc) is 3.18. The van der Waals surface area contributed by atoms with Crippen molar-refractivity contribution in [1.29, 1.82) is 0 Å². The molecule has 0 radical (unpaired) electrons. The molecule has 29 heavy (non-hydrogen) atoms. The predicted octanol–water partition coefficient (Wildman–Crippen LogP) is 4.62. The van der Waals surface area contributed by atoms with E-state index in [1.54, 1.807) is 11.3 Å². The number of aromatic nitrogens is 1. The molecule has 2 saturated heterocycles. The van der Waals surface area contributed by atoms with Crippen molar-refractivity contribution < 1.29 is 0 Å². The number of aliphatic imine (C=N–C) groups is 1. The first-order chi connectivity index (χ1) is 14.3. The summed E-state index contributed by atoms with van der Waals surface area (Å²) >= 11 is 1.75. The van der Waals surface area contributed by atoms with Crippen molar-refractivity contribution in [3.05, 3.63) is 46.4 Å².